The molecule has 0 saturated heterocycles. The normalized spacial score (nSPS) is 11.9. The summed E-state index contributed by atoms with van der Waals surface area (Å²) in [5, 5.41) is 18.5. The van der Waals surface area contributed by atoms with E-state index in [-0.39, 0.29) is 17.4 Å². The molecule has 0 aliphatic heterocycles. The fourth-order valence-electron chi connectivity index (χ4n) is 1.60. The number of nitro benzene ring substituents is 1. The van der Waals surface area contributed by atoms with E-state index in [1.54, 1.807) is 0 Å². The highest BCUT2D eigenvalue weighted by molar-refractivity contribution is 7.15. The van der Waals surface area contributed by atoms with Crippen molar-refractivity contribution >= 4 is 33.9 Å². The molecule has 2 rings (SSSR count). The minimum atomic E-state index is -4.84. The Balaban J connectivity index is 2.18. The molecule has 26 heavy (non-hydrogen) atoms. The smallest absolute Gasteiger partial charge is 0.302 e. The summed E-state index contributed by atoms with van der Waals surface area (Å²) in [6, 6.07) is 0.0945. The third-order valence-electron chi connectivity index (χ3n) is 2.66. The van der Waals surface area contributed by atoms with E-state index in [0.29, 0.717) is 12.1 Å². The zero-order valence-corrected chi connectivity index (χ0v) is 12.8. The van der Waals surface area contributed by atoms with Gasteiger partial charge in [0, 0.05) is 6.07 Å². The van der Waals surface area contributed by atoms with Crippen molar-refractivity contribution in [2.45, 2.75) is 12.4 Å². The molecular formula is C11H5F6N5O3S. The van der Waals surface area contributed by atoms with Crippen molar-refractivity contribution in [3.8, 4) is 0 Å². The molecule has 2 N–H and O–H groups in total. The Bertz CT molecular complexity index is 850. The topological polar surface area (TPSA) is 110 Å². The van der Waals surface area contributed by atoms with Crippen LogP contribution in [0.1, 0.15) is 10.6 Å². The van der Waals surface area contributed by atoms with Crippen LogP contribution in [0, 0.1) is 10.1 Å². The second-order valence-corrected chi connectivity index (χ2v) is 5.45. The monoisotopic (exact) mass is 401 g/mol. The number of aromatic nitrogens is 2. The van der Waals surface area contributed by atoms with E-state index in [4.69, 9.17) is 0 Å². The van der Waals surface area contributed by atoms with Gasteiger partial charge in [-0.3, -0.25) is 15.4 Å². The van der Waals surface area contributed by atoms with Crippen molar-refractivity contribution in [1.82, 2.24) is 10.2 Å². The van der Waals surface area contributed by atoms with Gasteiger partial charge >= 0.3 is 18.4 Å². The van der Waals surface area contributed by atoms with E-state index in [1.807, 2.05) is 10.6 Å². The standard InChI is InChI=1S/C11H5F6N5O3S/c12-10(13,14)4-1-2-5(6(3-4)22(24)25)18-8(23)19-9-21-20-7(26-9)11(15,16)17/h1-3H,(H2,18,19,21,23). The molecule has 0 atom stereocenters. The minimum absolute atomic E-state index is 0.00678. The largest absolute Gasteiger partial charge is 0.445 e. The lowest BCUT2D eigenvalue weighted by Crippen LogP contribution is -2.20. The molecule has 0 aliphatic carbocycles. The van der Waals surface area contributed by atoms with Crippen molar-refractivity contribution in [3.63, 3.8) is 0 Å². The number of halogens is 6. The first kappa shape index (κ1) is 19.4. The zero-order valence-electron chi connectivity index (χ0n) is 12.0. The van der Waals surface area contributed by atoms with E-state index in [0.717, 1.165) is 0 Å². The Hall–Kier alpha value is -2.97. The number of hydrogen-bond acceptors (Lipinski definition) is 6. The molecule has 1 aromatic carbocycles. The van der Waals surface area contributed by atoms with E-state index in [2.05, 4.69) is 10.2 Å². The van der Waals surface area contributed by atoms with Gasteiger partial charge in [0.1, 0.15) is 5.69 Å². The van der Waals surface area contributed by atoms with Gasteiger partial charge in [0.05, 0.1) is 10.5 Å². The summed E-state index contributed by atoms with van der Waals surface area (Å²) in [5.41, 5.74) is -2.96. The second kappa shape index (κ2) is 6.74. The highest BCUT2D eigenvalue weighted by Crippen LogP contribution is 2.35. The van der Waals surface area contributed by atoms with Gasteiger partial charge in [0.2, 0.25) is 10.1 Å². The Morgan fingerprint density at radius 1 is 1.08 bits per heavy atom. The van der Waals surface area contributed by atoms with Gasteiger partial charge in [-0.15, -0.1) is 10.2 Å². The molecular weight excluding hydrogens is 396 g/mol. The number of carbonyl (C=O) groups is 1. The lowest BCUT2D eigenvalue weighted by molar-refractivity contribution is -0.384. The lowest BCUT2D eigenvalue weighted by atomic mass is 10.1. The quantitative estimate of drug-likeness (QED) is 0.457. The van der Waals surface area contributed by atoms with Gasteiger partial charge in [0.25, 0.3) is 5.69 Å². The van der Waals surface area contributed by atoms with Crippen molar-refractivity contribution in [2.24, 2.45) is 0 Å². The van der Waals surface area contributed by atoms with Crippen LogP contribution in [0.25, 0.3) is 0 Å². The van der Waals surface area contributed by atoms with Gasteiger partial charge in [0.15, 0.2) is 0 Å². The lowest BCUT2D eigenvalue weighted by Gasteiger charge is -2.09. The molecule has 2 aromatic rings. The first-order valence-corrected chi connectivity index (χ1v) is 7.04. The van der Waals surface area contributed by atoms with E-state index >= 15 is 0 Å². The number of urea groups is 1. The average molecular weight is 401 g/mol. The summed E-state index contributed by atoms with van der Waals surface area (Å²) in [7, 11) is 0. The third-order valence-corrected chi connectivity index (χ3v) is 3.54. The maximum atomic E-state index is 12.6. The highest BCUT2D eigenvalue weighted by atomic mass is 32.1. The van der Waals surface area contributed by atoms with Crippen molar-refractivity contribution < 1.29 is 36.1 Å². The van der Waals surface area contributed by atoms with Gasteiger partial charge in [-0.05, 0) is 12.1 Å². The molecule has 8 nitrogen and oxygen atoms in total. The zero-order chi connectivity index (χ0) is 19.7. The number of nitrogens with zero attached hydrogens (tertiary/aromatic N) is 3. The number of hydrogen-bond donors (Lipinski definition) is 2. The van der Waals surface area contributed by atoms with E-state index in [1.165, 1.54) is 0 Å². The highest BCUT2D eigenvalue weighted by Gasteiger charge is 2.36. The summed E-state index contributed by atoms with van der Waals surface area (Å²) in [5.74, 6) is 0. The maximum absolute atomic E-state index is 12.6. The van der Waals surface area contributed by atoms with Crippen LogP contribution >= 0.6 is 11.3 Å². The fraction of sp³-hybridized carbons (Fsp3) is 0.182. The van der Waals surface area contributed by atoms with Crippen LogP contribution in [0.15, 0.2) is 18.2 Å². The number of anilines is 2. The van der Waals surface area contributed by atoms with E-state index in [9.17, 15) is 41.3 Å². The Morgan fingerprint density at radius 2 is 1.73 bits per heavy atom. The number of amides is 2. The third kappa shape index (κ3) is 4.56. The van der Waals surface area contributed by atoms with Crippen molar-refractivity contribution in [3.05, 3.63) is 38.9 Å². The first-order valence-electron chi connectivity index (χ1n) is 6.22. The predicted octanol–water partition coefficient (Wildman–Crippen LogP) is 4.13. The molecule has 2 amide bonds. The van der Waals surface area contributed by atoms with Crippen molar-refractivity contribution in [2.75, 3.05) is 10.6 Å². The van der Waals surface area contributed by atoms with Crippen LogP contribution in [-0.4, -0.2) is 21.2 Å². The van der Waals surface area contributed by atoms with Crippen LogP contribution < -0.4 is 10.6 Å². The number of nitrogens with one attached hydrogen (secondary N) is 2. The summed E-state index contributed by atoms with van der Waals surface area (Å²) in [6.07, 6.45) is -9.62. The SMILES string of the molecule is O=C(Nc1nnc(C(F)(F)F)s1)Nc1ccc(C(F)(F)F)cc1[N+](=O)[O-]. The number of alkyl halides is 6. The van der Waals surface area contributed by atoms with Crippen LogP contribution in [0.5, 0.6) is 0 Å². The summed E-state index contributed by atoms with van der Waals surface area (Å²) in [4.78, 5) is 21.4. The molecule has 0 radical (unpaired) electrons. The molecule has 0 aliphatic rings. The molecule has 0 saturated carbocycles. The second-order valence-electron chi connectivity index (χ2n) is 4.48. The molecule has 0 fully saturated rings. The van der Waals surface area contributed by atoms with Crippen LogP contribution in [0.3, 0.4) is 0 Å². The molecule has 15 heteroatoms. The summed E-state index contributed by atoms with van der Waals surface area (Å²) < 4.78 is 74.9. The number of nitro groups is 1. The average Bonchev–Trinajstić information content (AvgIpc) is 2.94. The van der Waals surface area contributed by atoms with Gasteiger partial charge in [-0.1, -0.05) is 11.3 Å². The molecule has 0 spiro atoms. The predicted molar refractivity (Wildman–Crippen MR) is 75.7 cm³/mol. The van der Waals surface area contributed by atoms with Gasteiger partial charge in [-0.2, -0.15) is 26.3 Å². The molecule has 0 bridgehead atoms. The number of rotatable bonds is 3. The van der Waals surface area contributed by atoms with E-state index < -0.39 is 50.4 Å². The van der Waals surface area contributed by atoms with Crippen LogP contribution in [0.2, 0.25) is 0 Å². The molecule has 0 unspecified atom stereocenters. The first-order chi connectivity index (χ1) is 11.9. The summed E-state index contributed by atoms with van der Waals surface area (Å²) >= 11 is -0.00678. The van der Waals surface area contributed by atoms with Crippen molar-refractivity contribution in [1.29, 1.82) is 0 Å². The molecule has 1 aromatic heterocycles. The molecule has 1 heterocycles. The van der Waals surface area contributed by atoms with Gasteiger partial charge < -0.3 is 5.32 Å². The van der Waals surface area contributed by atoms with Crippen LogP contribution in [0.4, 0.5) is 47.6 Å². The minimum Gasteiger partial charge on any atom is -0.302 e. The Labute approximate surface area is 143 Å². The Morgan fingerprint density at radius 3 is 2.23 bits per heavy atom. The van der Waals surface area contributed by atoms with Crippen LogP contribution in [-0.2, 0) is 12.4 Å². The number of carbonyl (C=O) groups excluding carboxylic acids is 1. The fourth-order valence-corrected chi connectivity index (χ4v) is 2.21. The molecule has 140 valence electrons. The summed E-state index contributed by atoms with van der Waals surface area (Å²) in [6.45, 7) is 0. The van der Waals surface area contributed by atoms with Gasteiger partial charge in [-0.25, -0.2) is 4.79 Å². The Kier molecular flexibility index (Phi) is 5.02. The number of benzene rings is 1. The maximum Gasteiger partial charge on any atom is 0.445 e.